The lowest BCUT2D eigenvalue weighted by Gasteiger charge is -2.09. The van der Waals surface area contributed by atoms with Crippen LogP contribution in [-0.2, 0) is 17.9 Å². The van der Waals surface area contributed by atoms with Gasteiger partial charge in [0.05, 0.1) is 6.54 Å². The van der Waals surface area contributed by atoms with Gasteiger partial charge in [-0.2, -0.15) is 0 Å². The number of nitrogens with zero attached hydrogens (tertiary/aromatic N) is 5. The van der Waals surface area contributed by atoms with E-state index in [1.807, 2.05) is 55.5 Å². The number of carbonyl (C=O) groups excluding carboxylic acids is 1. The van der Waals surface area contributed by atoms with Crippen LogP contribution in [0.1, 0.15) is 36.5 Å². The summed E-state index contributed by atoms with van der Waals surface area (Å²) in [5.41, 5.74) is 4.22. The van der Waals surface area contributed by atoms with Crippen LogP contribution in [0, 0.1) is 6.92 Å². The SMILES string of the molecule is Cc1ccc(Cn2nnc3c(=O)n(CC(=O)Nc4ccc(C(C)C)cc4)cnc32)cc1. The first-order valence-electron chi connectivity index (χ1n) is 10.1. The first-order chi connectivity index (χ1) is 14.9. The maximum atomic E-state index is 12.8. The molecule has 1 N–H and O–H groups in total. The highest BCUT2D eigenvalue weighted by molar-refractivity contribution is 5.90. The molecule has 0 unspecified atom stereocenters. The number of carbonyl (C=O) groups is 1. The van der Waals surface area contributed by atoms with Crippen molar-refractivity contribution in [1.82, 2.24) is 24.5 Å². The van der Waals surface area contributed by atoms with E-state index in [1.54, 1.807) is 4.68 Å². The summed E-state index contributed by atoms with van der Waals surface area (Å²) in [7, 11) is 0. The maximum absolute atomic E-state index is 12.8. The number of rotatable bonds is 6. The van der Waals surface area contributed by atoms with Gasteiger partial charge in [-0.1, -0.05) is 61.0 Å². The average molecular weight is 416 g/mol. The van der Waals surface area contributed by atoms with E-state index in [4.69, 9.17) is 0 Å². The highest BCUT2D eigenvalue weighted by atomic mass is 16.2. The van der Waals surface area contributed by atoms with Gasteiger partial charge in [-0.25, -0.2) is 9.67 Å². The molecule has 0 fully saturated rings. The molecule has 2 aromatic heterocycles. The van der Waals surface area contributed by atoms with Gasteiger partial charge in [0.15, 0.2) is 11.2 Å². The third-order valence-electron chi connectivity index (χ3n) is 5.12. The average Bonchev–Trinajstić information content (AvgIpc) is 3.15. The fourth-order valence-corrected chi connectivity index (χ4v) is 3.28. The van der Waals surface area contributed by atoms with Crippen LogP contribution >= 0.6 is 0 Å². The second-order valence-corrected chi connectivity index (χ2v) is 7.91. The van der Waals surface area contributed by atoms with E-state index in [0.29, 0.717) is 23.8 Å². The number of hydrogen-bond donors (Lipinski definition) is 1. The van der Waals surface area contributed by atoms with Crippen LogP contribution in [0.5, 0.6) is 0 Å². The Balaban J connectivity index is 1.49. The third-order valence-corrected chi connectivity index (χ3v) is 5.12. The summed E-state index contributed by atoms with van der Waals surface area (Å²) in [6.07, 6.45) is 1.36. The van der Waals surface area contributed by atoms with Crippen molar-refractivity contribution in [3.8, 4) is 0 Å². The molecule has 0 saturated carbocycles. The molecule has 0 radical (unpaired) electrons. The molecule has 0 bridgehead atoms. The number of nitrogens with one attached hydrogen (secondary N) is 1. The van der Waals surface area contributed by atoms with Crippen LogP contribution in [0.15, 0.2) is 59.7 Å². The van der Waals surface area contributed by atoms with Crippen LogP contribution in [-0.4, -0.2) is 30.5 Å². The Hall–Kier alpha value is -3.81. The number of fused-ring (bicyclic) bond motifs is 1. The van der Waals surface area contributed by atoms with Crippen molar-refractivity contribution in [3.63, 3.8) is 0 Å². The Kier molecular flexibility index (Phi) is 5.62. The van der Waals surface area contributed by atoms with Gasteiger partial charge >= 0.3 is 0 Å². The summed E-state index contributed by atoms with van der Waals surface area (Å²) < 4.78 is 2.83. The summed E-state index contributed by atoms with van der Waals surface area (Å²) in [5.74, 6) is 0.105. The van der Waals surface area contributed by atoms with Crippen molar-refractivity contribution in [2.45, 2.75) is 39.8 Å². The van der Waals surface area contributed by atoms with Crippen LogP contribution in [0.4, 0.5) is 5.69 Å². The van der Waals surface area contributed by atoms with Gasteiger partial charge in [0.2, 0.25) is 5.91 Å². The molecule has 0 aliphatic carbocycles. The summed E-state index contributed by atoms with van der Waals surface area (Å²) in [6, 6.07) is 15.7. The predicted octanol–water partition coefficient (Wildman–Crippen LogP) is 3.11. The zero-order valence-electron chi connectivity index (χ0n) is 17.7. The van der Waals surface area contributed by atoms with E-state index in [0.717, 1.165) is 5.56 Å². The molecule has 0 spiro atoms. The van der Waals surface area contributed by atoms with E-state index in [1.165, 1.54) is 22.0 Å². The zero-order valence-corrected chi connectivity index (χ0v) is 17.7. The second-order valence-electron chi connectivity index (χ2n) is 7.91. The lowest BCUT2D eigenvalue weighted by atomic mass is 10.0. The summed E-state index contributed by atoms with van der Waals surface area (Å²) in [6.45, 7) is 6.55. The van der Waals surface area contributed by atoms with Crippen molar-refractivity contribution in [2.24, 2.45) is 0 Å². The second kappa shape index (κ2) is 8.51. The lowest BCUT2D eigenvalue weighted by Crippen LogP contribution is -2.28. The maximum Gasteiger partial charge on any atom is 0.283 e. The first-order valence-corrected chi connectivity index (χ1v) is 10.1. The van der Waals surface area contributed by atoms with Gasteiger partial charge in [-0.3, -0.25) is 14.2 Å². The normalized spacial score (nSPS) is 11.2. The number of benzene rings is 2. The topological polar surface area (TPSA) is 94.7 Å². The van der Waals surface area contributed by atoms with Gasteiger partial charge < -0.3 is 5.32 Å². The van der Waals surface area contributed by atoms with Gasteiger partial charge in [-0.15, -0.1) is 5.10 Å². The Morgan fingerprint density at radius 2 is 1.77 bits per heavy atom. The van der Waals surface area contributed by atoms with Gasteiger partial charge in [0.1, 0.15) is 12.9 Å². The minimum atomic E-state index is -0.398. The molecule has 0 aliphatic rings. The number of anilines is 1. The fourth-order valence-electron chi connectivity index (χ4n) is 3.28. The van der Waals surface area contributed by atoms with Crippen LogP contribution < -0.4 is 10.9 Å². The van der Waals surface area contributed by atoms with E-state index in [-0.39, 0.29) is 18.0 Å². The molecule has 8 heteroatoms. The van der Waals surface area contributed by atoms with E-state index in [2.05, 4.69) is 34.5 Å². The van der Waals surface area contributed by atoms with E-state index < -0.39 is 5.56 Å². The Morgan fingerprint density at radius 1 is 1.06 bits per heavy atom. The van der Waals surface area contributed by atoms with Crippen LogP contribution in [0.25, 0.3) is 11.2 Å². The van der Waals surface area contributed by atoms with Crippen molar-refractivity contribution in [1.29, 1.82) is 0 Å². The molecule has 0 aliphatic heterocycles. The Bertz CT molecular complexity index is 1270. The number of aryl methyl sites for hydroxylation is 1. The monoisotopic (exact) mass is 416 g/mol. The molecule has 158 valence electrons. The standard InChI is InChI=1S/C23H24N6O2/c1-15(2)18-8-10-19(11-9-18)25-20(30)13-28-14-24-22-21(23(28)31)26-27-29(22)12-17-6-4-16(3)5-7-17/h4-11,14-15H,12-13H2,1-3H3,(H,25,30). The molecule has 31 heavy (non-hydrogen) atoms. The molecule has 2 aromatic carbocycles. The van der Waals surface area contributed by atoms with Gasteiger partial charge in [0.25, 0.3) is 5.56 Å². The molecule has 0 atom stereocenters. The van der Waals surface area contributed by atoms with Gasteiger partial charge in [0, 0.05) is 5.69 Å². The largest absolute Gasteiger partial charge is 0.325 e. The molecular weight excluding hydrogens is 392 g/mol. The molecular formula is C23H24N6O2. The smallest absolute Gasteiger partial charge is 0.283 e. The minimum Gasteiger partial charge on any atom is -0.325 e. The Labute approximate surface area is 179 Å². The predicted molar refractivity (Wildman–Crippen MR) is 119 cm³/mol. The quantitative estimate of drug-likeness (QED) is 0.521. The van der Waals surface area contributed by atoms with Crippen molar-refractivity contribution >= 4 is 22.8 Å². The number of hydrogen-bond acceptors (Lipinski definition) is 5. The van der Waals surface area contributed by atoms with Crippen LogP contribution in [0.3, 0.4) is 0 Å². The third kappa shape index (κ3) is 4.53. The van der Waals surface area contributed by atoms with Crippen LogP contribution in [0.2, 0.25) is 0 Å². The van der Waals surface area contributed by atoms with Crippen molar-refractivity contribution in [3.05, 3.63) is 81.9 Å². The number of amides is 1. The highest BCUT2D eigenvalue weighted by Crippen LogP contribution is 2.17. The summed E-state index contributed by atoms with van der Waals surface area (Å²) in [5, 5.41) is 10.9. The summed E-state index contributed by atoms with van der Waals surface area (Å²) >= 11 is 0. The van der Waals surface area contributed by atoms with E-state index in [9.17, 15) is 9.59 Å². The summed E-state index contributed by atoms with van der Waals surface area (Å²) in [4.78, 5) is 29.5. The highest BCUT2D eigenvalue weighted by Gasteiger charge is 2.14. The Morgan fingerprint density at radius 3 is 2.45 bits per heavy atom. The zero-order chi connectivity index (χ0) is 22.0. The fraction of sp³-hybridized carbons (Fsp3) is 0.261. The number of aromatic nitrogens is 5. The first kappa shape index (κ1) is 20.5. The molecule has 4 rings (SSSR count). The molecule has 8 nitrogen and oxygen atoms in total. The van der Waals surface area contributed by atoms with Crippen molar-refractivity contribution in [2.75, 3.05) is 5.32 Å². The molecule has 2 heterocycles. The van der Waals surface area contributed by atoms with Gasteiger partial charge in [-0.05, 0) is 36.1 Å². The minimum absolute atomic E-state index is 0.142. The molecule has 1 amide bonds. The molecule has 4 aromatic rings. The van der Waals surface area contributed by atoms with E-state index >= 15 is 0 Å². The lowest BCUT2D eigenvalue weighted by molar-refractivity contribution is -0.116. The molecule has 0 saturated heterocycles. The van der Waals surface area contributed by atoms with Crippen molar-refractivity contribution < 1.29 is 4.79 Å².